The van der Waals surface area contributed by atoms with Crippen LogP contribution in [0.4, 0.5) is 4.79 Å². The number of nitrogens with one attached hydrogen (secondary N) is 3. The minimum atomic E-state index is -3.90. The van der Waals surface area contributed by atoms with Crippen LogP contribution in [0.5, 0.6) is 11.5 Å². The van der Waals surface area contributed by atoms with E-state index in [0.717, 1.165) is 61.5 Å². The summed E-state index contributed by atoms with van der Waals surface area (Å²) < 4.78 is 45.9. The Morgan fingerprint density at radius 3 is 2.52 bits per heavy atom. The summed E-state index contributed by atoms with van der Waals surface area (Å²) in [7, 11) is -2.30. The smallest absolute Gasteiger partial charge is 0.408 e. The fourth-order valence-corrected chi connectivity index (χ4v) is 9.99. The highest BCUT2D eigenvalue weighted by Gasteiger charge is 2.62. The molecule has 3 aliphatic carbocycles. The molecule has 0 radical (unpaired) electrons. The lowest BCUT2D eigenvalue weighted by Crippen LogP contribution is -2.60. The maximum Gasteiger partial charge on any atom is 0.408 e. The Hall–Kier alpha value is -4.40. The van der Waals surface area contributed by atoms with Crippen LogP contribution < -0.4 is 24.8 Å². The molecule has 15 heteroatoms. The molecule has 14 nitrogen and oxygen atoms in total. The van der Waals surface area contributed by atoms with Gasteiger partial charge in [-0.15, -0.1) is 6.58 Å². The SMILES string of the molecule is C=C[C@@H]1C[C@]1(NC(=O)[C@@H]1C[C@@H]2CN1C(=O)[C@H](C(C)(C)C)NC(=O)O[C@@H]1CCC[C@H]1CCCCCc1nc3ccc(OC)cc3cc1O2)C(=O)NS(=O)(=O)C1CC1. The van der Waals surface area contributed by atoms with Gasteiger partial charge >= 0.3 is 6.09 Å². The molecular formula is C41H55N5O9S. The fourth-order valence-electron chi connectivity index (χ4n) is 8.62. The Morgan fingerprint density at radius 2 is 1.82 bits per heavy atom. The zero-order chi connectivity index (χ0) is 40.0. The number of fused-ring (bicyclic) bond motifs is 5. The molecule has 5 aliphatic rings. The number of nitrogens with zero attached hydrogens (tertiary/aromatic N) is 2. The molecule has 3 heterocycles. The van der Waals surface area contributed by atoms with Gasteiger partial charge in [-0.1, -0.05) is 39.7 Å². The Kier molecular flexibility index (Phi) is 11.0. The van der Waals surface area contributed by atoms with Gasteiger partial charge in [-0.05, 0) is 93.4 Å². The average Bonchev–Trinajstić information content (AvgIpc) is 4.04. The molecule has 3 saturated carbocycles. The second-order valence-electron chi connectivity index (χ2n) is 17.3. The third kappa shape index (κ3) is 8.33. The van der Waals surface area contributed by atoms with E-state index >= 15 is 0 Å². The van der Waals surface area contributed by atoms with Crippen LogP contribution in [0.25, 0.3) is 10.9 Å². The molecule has 4 fully saturated rings. The van der Waals surface area contributed by atoms with Crippen LogP contribution in [0.1, 0.15) is 97.1 Å². The zero-order valence-electron chi connectivity index (χ0n) is 32.8. The molecule has 304 valence electrons. The van der Waals surface area contributed by atoms with Crippen LogP contribution in [0.2, 0.25) is 0 Å². The Balaban J connectivity index is 1.23. The van der Waals surface area contributed by atoms with E-state index in [9.17, 15) is 27.6 Å². The number of amides is 4. The molecule has 0 unspecified atom stereocenters. The third-order valence-corrected chi connectivity index (χ3v) is 14.0. The number of sulfonamides is 1. The van der Waals surface area contributed by atoms with Crippen molar-refractivity contribution in [2.24, 2.45) is 17.3 Å². The van der Waals surface area contributed by atoms with E-state index in [-0.39, 0.29) is 31.4 Å². The summed E-state index contributed by atoms with van der Waals surface area (Å²) >= 11 is 0. The van der Waals surface area contributed by atoms with Crippen molar-refractivity contribution in [2.45, 2.75) is 133 Å². The third-order valence-electron chi connectivity index (χ3n) is 12.2. The predicted molar refractivity (Wildman–Crippen MR) is 208 cm³/mol. The van der Waals surface area contributed by atoms with E-state index in [1.807, 2.05) is 45.0 Å². The van der Waals surface area contributed by atoms with Crippen molar-refractivity contribution in [1.82, 2.24) is 25.2 Å². The first-order valence-electron chi connectivity index (χ1n) is 20.0. The second kappa shape index (κ2) is 15.5. The van der Waals surface area contributed by atoms with Crippen LogP contribution in [-0.2, 0) is 35.6 Å². The van der Waals surface area contributed by atoms with Crippen molar-refractivity contribution in [3.05, 3.63) is 42.6 Å². The molecule has 2 aliphatic heterocycles. The largest absolute Gasteiger partial charge is 0.497 e. The number of benzene rings is 1. The zero-order valence-corrected chi connectivity index (χ0v) is 33.6. The van der Waals surface area contributed by atoms with Gasteiger partial charge in [0.15, 0.2) is 0 Å². The summed E-state index contributed by atoms with van der Waals surface area (Å²) in [6, 6.07) is 5.39. The second-order valence-corrected chi connectivity index (χ2v) is 19.3. The molecular weight excluding hydrogens is 739 g/mol. The number of methoxy groups -OCH3 is 1. The average molecular weight is 794 g/mol. The number of hydrogen-bond donors (Lipinski definition) is 3. The summed E-state index contributed by atoms with van der Waals surface area (Å²) in [6.45, 7) is 9.30. The van der Waals surface area contributed by atoms with Crippen molar-refractivity contribution in [1.29, 1.82) is 0 Å². The van der Waals surface area contributed by atoms with Gasteiger partial charge < -0.3 is 29.7 Å². The minimum absolute atomic E-state index is 0.000652. The lowest BCUT2D eigenvalue weighted by molar-refractivity contribution is -0.143. The summed E-state index contributed by atoms with van der Waals surface area (Å²) in [5.41, 5.74) is -0.767. The van der Waals surface area contributed by atoms with E-state index in [2.05, 4.69) is 21.9 Å². The first-order valence-corrected chi connectivity index (χ1v) is 21.6. The molecule has 1 saturated heterocycles. The van der Waals surface area contributed by atoms with Gasteiger partial charge in [-0.3, -0.25) is 19.1 Å². The van der Waals surface area contributed by atoms with Crippen LogP contribution in [0, 0.1) is 17.3 Å². The Bertz CT molecular complexity index is 2000. The topological polar surface area (TPSA) is 182 Å². The number of hydrogen-bond acceptors (Lipinski definition) is 10. The van der Waals surface area contributed by atoms with E-state index in [4.69, 9.17) is 19.2 Å². The fraction of sp³-hybridized carbons (Fsp3) is 0.634. The number of carbonyl (C=O) groups is 4. The number of aryl methyl sites for hydroxylation is 1. The molecule has 1 aromatic heterocycles. The highest BCUT2D eigenvalue weighted by Crippen LogP contribution is 2.46. The highest BCUT2D eigenvalue weighted by atomic mass is 32.2. The molecule has 1 aromatic carbocycles. The number of carbonyl (C=O) groups excluding carboxylic acids is 4. The number of aromatic nitrogens is 1. The first-order chi connectivity index (χ1) is 26.6. The maximum absolute atomic E-state index is 14.7. The van der Waals surface area contributed by atoms with Gasteiger partial charge in [-0.2, -0.15) is 0 Å². The number of rotatable bonds is 7. The van der Waals surface area contributed by atoms with Gasteiger partial charge in [0.1, 0.15) is 41.3 Å². The minimum Gasteiger partial charge on any atom is -0.497 e. The maximum atomic E-state index is 14.7. The van der Waals surface area contributed by atoms with Crippen molar-refractivity contribution < 1.29 is 41.8 Å². The summed E-state index contributed by atoms with van der Waals surface area (Å²) in [6.07, 6.45) is 8.15. The van der Waals surface area contributed by atoms with Crippen molar-refractivity contribution in [3.63, 3.8) is 0 Å². The van der Waals surface area contributed by atoms with E-state index in [1.165, 1.54) is 11.0 Å². The van der Waals surface area contributed by atoms with Crippen LogP contribution >= 0.6 is 0 Å². The first kappa shape index (κ1) is 39.8. The number of ether oxygens (including phenoxy) is 3. The van der Waals surface area contributed by atoms with E-state index in [0.29, 0.717) is 30.8 Å². The van der Waals surface area contributed by atoms with Crippen LogP contribution in [0.15, 0.2) is 36.9 Å². The summed E-state index contributed by atoms with van der Waals surface area (Å²) in [5.74, 6) is -1.03. The molecule has 0 spiro atoms. The van der Waals surface area contributed by atoms with Crippen molar-refractivity contribution in [2.75, 3.05) is 13.7 Å². The monoisotopic (exact) mass is 793 g/mol. The lowest BCUT2D eigenvalue weighted by Gasteiger charge is -2.35. The molecule has 7 atom stereocenters. The van der Waals surface area contributed by atoms with Gasteiger partial charge in [-0.25, -0.2) is 18.2 Å². The van der Waals surface area contributed by atoms with E-state index < -0.39 is 74.1 Å². The molecule has 7 rings (SSSR count). The number of alkyl carbamates (subject to hydrolysis) is 1. The van der Waals surface area contributed by atoms with Gasteiger partial charge in [0, 0.05) is 17.7 Å². The van der Waals surface area contributed by atoms with Crippen LogP contribution in [0.3, 0.4) is 0 Å². The Morgan fingerprint density at radius 1 is 1.05 bits per heavy atom. The van der Waals surface area contributed by atoms with Crippen molar-refractivity contribution >= 4 is 44.7 Å². The van der Waals surface area contributed by atoms with Gasteiger partial charge in [0.2, 0.25) is 21.8 Å². The standard InChI is InChI=1S/C41H55N5O9S/c1-6-26-22-41(26,38(49)45-56(51,52)29-16-17-29)44-36(47)32-21-28-23-46(32)37(48)35(40(2,3)4)43-39(50)55-33-14-10-12-24(33)11-8-7-9-13-31-34(54-28)20-25-19-27(53-5)15-18-30(25)42-31/h6,15,18-20,24,26,28-29,32-33,35H,1,7-14,16-17,21-23H2,2-5H3,(H,43,50)(H,44,47)(H,45,49)/t24-,26-,28-,32+,33-,35-,41-/m1/s1. The quantitative estimate of drug-likeness (QED) is 0.333. The van der Waals surface area contributed by atoms with E-state index in [1.54, 1.807) is 7.11 Å². The molecule has 2 bridgehead atoms. The molecule has 2 aromatic rings. The van der Waals surface area contributed by atoms with Crippen LogP contribution in [-0.4, -0.2) is 90.9 Å². The molecule has 56 heavy (non-hydrogen) atoms. The van der Waals surface area contributed by atoms with Gasteiger partial charge in [0.05, 0.1) is 30.1 Å². The van der Waals surface area contributed by atoms with Gasteiger partial charge in [0.25, 0.3) is 5.91 Å². The predicted octanol–water partition coefficient (Wildman–Crippen LogP) is 4.69. The molecule has 3 N–H and O–H groups in total. The highest BCUT2D eigenvalue weighted by molar-refractivity contribution is 7.91. The van der Waals surface area contributed by atoms with Crippen molar-refractivity contribution in [3.8, 4) is 11.5 Å². The summed E-state index contributed by atoms with van der Waals surface area (Å²) in [5, 5.41) is 5.88. The number of pyridine rings is 1. The normalized spacial score (nSPS) is 30.0. The molecule has 4 amide bonds. The summed E-state index contributed by atoms with van der Waals surface area (Å²) in [4.78, 5) is 62.7. The lowest BCUT2D eigenvalue weighted by atomic mass is 9.85. The Labute approximate surface area is 328 Å².